The molecule has 1 saturated heterocycles. The Balaban J connectivity index is 1.34. The normalized spacial score (nSPS) is 17.5. The Kier molecular flexibility index (Phi) is 9.12. The van der Waals surface area contributed by atoms with E-state index in [1.54, 1.807) is 47.2 Å². The standard InChI is InChI=1S/C33H30N4O7/c1-21-3-9-24(10-4-21)32(38)42-20-30-29(44-33(39)25-11-5-22(2)6-12-25)17-28(43-30)27-19-35-31(18-34)36(27)16-15-23-7-13-26(14-8-23)37(40)41/h3-14,19,28-30H,15-17,20H2,1-2H3/t28-,29+,30-/m1/s1. The Morgan fingerprint density at radius 3 is 2.20 bits per heavy atom. The summed E-state index contributed by atoms with van der Waals surface area (Å²) in [5.74, 6) is -0.882. The zero-order chi connectivity index (χ0) is 31.2. The first-order valence-electron chi connectivity index (χ1n) is 14.1. The lowest BCUT2D eigenvalue weighted by Crippen LogP contribution is -2.32. The van der Waals surface area contributed by atoms with Crippen molar-refractivity contribution in [1.82, 2.24) is 9.55 Å². The fourth-order valence-electron chi connectivity index (χ4n) is 5.00. The zero-order valence-electron chi connectivity index (χ0n) is 24.2. The second-order valence-electron chi connectivity index (χ2n) is 10.6. The number of hydrogen-bond donors (Lipinski definition) is 0. The lowest BCUT2D eigenvalue weighted by molar-refractivity contribution is -0.384. The molecule has 5 rings (SSSR count). The Morgan fingerprint density at radius 1 is 1.00 bits per heavy atom. The molecule has 0 aliphatic carbocycles. The smallest absolute Gasteiger partial charge is 0.338 e. The molecule has 44 heavy (non-hydrogen) atoms. The molecule has 0 bridgehead atoms. The van der Waals surface area contributed by atoms with E-state index < -0.39 is 35.2 Å². The van der Waals surface area contributed by atoms with Gasteiger partial charge in [0.1, 0.15) is 31.0 Å². The Morgan fingerprint density at radius 2 is 1.61 bits per heavy atom. The minimum Gasteiger partial charge on any atom is -0.459 e. The van der Waals surface area contributed by atoms with Gasteiger partial charge >= 0.3 is 11.9 Å². The second-order valence-corrected chi connectivity index (χ2v) is 10.6. The van der Waals surface area contributed by atoms with Crippen molar-refractivity contribution in [1.29, 1.82) is 5.26 Å². The number of imidazole rings is 1. The summed E-state index contributed by atoms with van der Waals surface area (Å²) in [5, 5.41) is 20.7. The molecule has 4 aromatic rings. The van der Waals surface area contributed by atoms with Gasteiger partial charge in [-0.05, 0) is 50.1 Å². The first-order valence-corrected chi connectivity index (χ1v) is 14.1. The fraction of sp³-hybridized carbons (Fsp3) is 0.273. The maximum absolute atomic E-state index is 13.0. The maximum atomic E-state index is 13.0. The van der Waals surface area contributed by atoms with E-state index in [0.717, 1.165) is 16.7 Å². The number of non-ortho nitro benzene ring substituents is 1. The third-order valence-corrected chi connectivity index (χ3v) is 7.50. The molecule has 1 aliphatic heterocycles. The Labute approximate surface area is 253 Å². The van der Waals surface area contributed by atoms with Crippen molar-refractivity contribution in [3.63, 3.8) is 0 Å². The van der Waals surface area contributed by atoms with Gasteiger partial charge in [-0.25, -0.2) is 14.6 Å². The number of carbonyl (C=O) groups excluding carboxylic acids is 2. The van der Waals surface area contributed by atoms with Crippen LogP contribution >= 0.6 is 0 Å². The van der Waals surface area contributed by atoms with Crippen LogP contribution in [0.5, 0.6) is 0 Å². The predicted molar refractivity (Wildman–Crippen MR) is 158 cm³/mol. The van der Waals surface area contributed by atoms with E-state index in [9.17, 15) is 25.0 Å². The van der Waals surface area contributed by atoms with Crippen LogP contribution in [0.2, 0.25) is 0 Å². The molecular formula is C33H30N4O7. The minimum absolute atomic E-state index is 0.00511. The first-order chi connectivity index (χ1) is 21.2. The number of carbonyl (C=O) groups is 2. The molecule has 0 spiro atoms. The number of nitro benzene ring substituents is 1. The maximum Gasteiger partial charge on any atom is 0.338 e. The molecular weight excluding hydrogens is 564 g/mol. The lowest BCUT2D eigenvalue weighted by Gasteiger charge is -2.19. The van der Waals surface area contributed by atoms with Crippen molar-refractivity contribution in [2.75, 3.05) is 6.61 Å². The van der Waals surface area contributed by atoms with E-state index in [2.05, 4.69) is 11.1 Å². The number of nitriles is 1. The largest absolute Gasteiger partial charge is 0.459 e. The average Bonchev–Trinajstić information content (AvgIpc) is 3.62. The van der Waals surface area contributed by atoms with E-state index in [1.165, 1.54) is 12.1 Å². The van der Waals surface area contributed by atoms with Crippen molar-refractivity contribution in [3.05, 3.63) is 128 Å². The van der Waals surface area contributed by atoms with Crippen LogP contribution in [0, 0.1) is 35.3 Å². The van der Waals surface area contributed by atoms with E-state index >= 15 is 0 Å². The van der Waals surface area contributed by atoms with Crippen LogP contribution in [0.3, 0.4) is 0 Å². The molecule has 1 aliphatic rings. The van der Waals surface area contributed by atoms with Gasteiger partial charge in [0.2, 0.25) is 5.82 Å². The van der Waals surface area contributed by atoms with Crippen LogP contribution < -0.4 is 0 Å². The number of benzene rings is 3. The van der Waals surface area contributed by atoms with Crippen LogP contribution in [0.1, 0.15) is 61.4 Å². The van der Waals surface area contributed by atoms with Crippen molar-refractivity contribution in [3.8, 4) is 6.07 Å². The van der Waals surface area contributed by atoms with Crippen LogP contribution in [-0.2, 0) is 27.2 Å². The van der Waals surface area contributed by atoms with Gasteiger partial charge in [-0.1, -0.05) is 47.5 Å². The monoisotopic (exact) mass is 594 g/mol. The van der Waals surface area contributed by atoms with E-state index in [0.29, 0.717) is 29.8 Å². The van der Waals surface area contributed by atoms with Gasteiger partial charge in [-0.2, -0.15) is 5.26 Å². The van der Waals surface area contributed by atoms with Gasteiger partial charge in [0.15, 0.2) is 0 Å². The number of rotatable bonds is 10. The molecule has 0 unspecified atom stereocenters. The van der Waals surface area contributed by atoms with Gasteiger partial charge in [-0.3, -0.25) is 10.1 Å². The molecule has 11 heteroatoms. The summed E-state index contributed by atoms with van der Waals surface area (Å²) >= 11 is 0. The molecule has 0 radical (unpaired) electrons. The van der Waals surface area contributed by atoms with E-state index in [4.69, 9.17) is 14.2 Å². The number of hydrogen-bond acceptors (Lipinski definition) is 9. The third-order valence-electron chi connectivity index (χ3n) is 7.50. The average molecular weight is 595 g/mol. The van der Waals surface area contributed by atoms with Crippen molar-refractivity contribution >= 4 is 17.6 Å². The summed E-state index contributed by atoms with van der Waals surface area (Å²) in [6, 6.07) is 22.3. The molecule has 1 fully saturated rings. The molecule has 11 nitrogen and oxygen atoms in total. The van der Waals surface area contributed by atoms with Gasteiger partial charge in [-0.15, -0.1) is 0 Å². The van der Waals surface area contributed by atoms with Crippen molar-refractivity contribution in [2.45, 2.75) is 51.5 Å². The SMILES string of the molecule is Cc1ccc(C(=O)OC[C@H]2O[C@@H](c3cnc(C#N)n3CCc3ccc([N+](=O)[O-])cc3)C[C@@H]2OC(=O)c2ccc(C)cc2)cc1. The van der Waals surface area contributed by atoms with Gasteiger partial charge in [0, 0.05) is 25.1 Å². The molecule has 1 aromatic heterocycles. The van der Waals surface area contributed by atoms with E-state index in [1.807, 2.05) is 38.1 Å². The highest BCUT2D eigenvalue weighted by Crippen LogP contribution is 2.36. The molecule has 2 heterocycles. The van der Waals surface area contributed by atoms with Crippen molar-refractivity contribution in [2.24, 2.45) is 0 Å². The summed E-state index contributed by atoms with van der Waals surface area (Å²) in [6.45, 7) is 4.04. The predicted octanol–water partition coefficient (Wildman–Crippen LogP) is 5.44. The highest BCUT2D eigenvalue weighted by molar-refractivity contribution is 5.90. The number of nitro groups is 1. The molecule has 3 aromatic carbocycles. The number of ether oxygens (including phenoxy) is 3. The summed E-state index contributed by atoms with van der Waals surface area (Å²) in [7, 11) is 0. The van der Waals surface area contributed by atoms with Crippen LogP contribution in [0.25, 0.3) is 0 Å². The number of aromatic nitrogens is 2. The van der Waals surface area contributed by atoms with Gasteiger partial charge in [0.05, 0.1) is 27.9 Å². The highest BCUT2D eigenvalue weighted by Gasteiger charge is 2.41. The first kappa shape index (κ1) is 30.1. The molecule has 224 valence electrons. The second kappa shape index (κ2) is 13.3. The summed E-state index contributed by atoms with van der Waals surface area (Å²) < 4.78 is 19.5. The number of esters is 2. The highest BCUT2D eigenvalue weighted by atomic mass is 16.6. The Bertz CT molecular complexity index is 1690. The molecule has 0 saturated carbocycles. The number of nitrogens with zero attached hydrogens (tertiary/aromatic N) is 4. The number of aryl methyl sites for hydroxylation is 3. The van der Waals surface area contributed by atoms with Crippen LogP contribution in [0.15, 0.2) is 79.0 Å². The minimum atomic E-state index is -0.771. The van der Waals surface area contributed by atoms with Crippen LogP contribution in [0.4, 0.5) is 5.69 Å². The lowest BCUT2D eigenvalue weighted by atomic mass is 10.1. The van der Waals surface area contributed by atoms with Crippen LogP contribution in [-0.4, -0.2) is 45.2 Å². The molecule has 0 N–H and O–H groups in total. The van der Waals surface area contributed by atoms with Crippen molar-refractivity contribution < 1.29 is 28.7 Å². The summed E-state index contributed by atoms with van der Waals surface area (Å²) in [6.07, 6.45) is 0.152. The van der Waals surface area contributed by atoms with Gasteiger partial charge < -0.3 is 18.8 Å². The molecule has 3 atom stereocenters. The summed E-state index contributed by atoms with van der Waals surface area (Å²) in [5.41, 5.74) is 4.23. The zero-order valence-corrected chi connectivity index (χ0v) is 24.2. The van der Waals surface area contributed by atoms with E-state index in [-0.39, 0.29) is 24.5 Å². The topological polar surface area (TPSA) is 147 Å². The third kappa shape index (κ3) is 6.99. The Hall–Kier alpha value is -5.34. The fourth-order valence-corrected chi connectivity index (χ4v) is 5.00. The quantitative estimate of drug-likeness (QED) is 0.133. The van der Waals surface area contributed by atoms with Gasteiger partial charge in [0.25, 0.3) is 5.69 Å². The molecule has 0 amide bonds. The summed E-state index contributed by atoms with van der Waals surface area (Å²) in [4.78, 5) is 40.6.